The standard InChI is InChI=1S/C49H31N3O2/c1-3-13-30(14-4-1)47-50-48(31-15-5-2-6-16-31)52-49(51-47)35-20-12-18-33(28-35)32-17-11-19-34(27-32)40-29-43-44(39-22-8-10-24-42(39)53-43)45-37(40)25-26-38-36-21-7-9-23-41(36)54-46(38)45/h1-29,47H,(H,50,51,52). The zero-order valence-corrected chi connectivity index (χ0v) is 29.0. The van der Waals surface area contributed by atoms with Crippen LogP contribution in [0.4, 0.5) is 0 Å². The first-order chi connectivity index (χ1) is 26.7. The summed E-state index contributed by atoms with van der Waals surface area (Å²) < 4.78 is 13.2. The number of hydrogen-bond donors (Lipinski definition) is 1. The molecule has 8 aromatic carbocycles. The molecule has 0 amide bonds. The Morgan fingerprint density at radius 2 is 1.04 bits per heavy atom. The quantitative estimate of drug-likeness (QED) is 0.195. The summed E-state index contributed by atoms with van der Waals surface area (Å²) in [6.45, 7) is 0. The molecule has 0 fully saturated rings. The lowest BCUT2D eigenvalue weighted by molar-refractivity contribution is 0.668. The molecule has 54 heavy (non-hydrogen) atoms. The Balaban J connectivity index is 1.06. The maximum atomic E-state index is 6.65. The number of para-hydroxylation sites is 2. The fourth-order valence-electron chi connectivity index (χ4n) is 7.96. The van der Waals surface area contributed by atoms with E-state index in [1.165, 1.54) is 0 Å². The van der Waals surface area contributed by atoms with Crippen LogP contribution in [0.2, 0.25) is 0 Å². The van der Waals surface area contributed by atoms with Crippen LogP contribution in [0, 0.1) is 0 Å². The fourth-order valence-corrected chi connectivity index (χ4v) is 7.96. The van der Waals surface area contributed by atoms with Gasteiger partial charge in [-0.15, -0.1) is 0 Å². The number of fused-ring (bicyclic) bond motifs is 9. The van der Waals surface area contributed by atoms with Gasteiger partial charge in [0, 0.05) is 38.1 Å². The molecule has 5 heteroatoms. The minimum atomic E-state index is -0.263. The molecule has 0 saturated heterocycles. The second-order valence-electron chi connectivity index (χ2n) is 13.8. The predicted molar refractivity (Wildman–Crippen MR) is 221 cm³/mol. The van der Waals surface area contributed by atoms with Crippen LogP contribution in [-0.2, 0) is 0 Å². The summed E-state index contributed by atoms with van der Waals surface area (Å²) in [6.07, 6.45) is -0.263. The number of nitrogens with zero attached hydrogens (tertiary/aromatic N) is 2. The fraction of sp³-hybridized carbons (Fsp3) is 0.0204. The van der Waals surface area contributed by atoms with Gasteiger partial charge in [0.15, 0.2) is 5.84 Å². The van der Waals surface area contributed by atoms with Crippen molar-refractivity contribution in [1.29, 1.82) is 0 Å². The summed E-state index contributed by atoms with van der Waals surface area (Å²) in [5.41, 5.74) is 10.9. The third-order valence-electron chi connectivity index (χ3n) is 10.5. The van der Waals surface area contributed by atoms with Crippen molar-refractivity contribution in [2.45, 2.75) is 6.17 Å². The van der Waals surface area contributed by atoms with E-state index in [9.17, 15) is 0 Å². The second kappa shape index (κ2) is 12.2. The Labute approximate surface area is 310 Å². The van der Waals surface area contributed by atoms with Crippen molar-refractivity contribution in [2.24, 2.45) is 9.98 Å². The number of benzene rings is 8. The van der Waals surface area contributed by atoms with Crippen molar-refractivity contribution < 1.29 is 8.83 Å². The zero-order chi connectivity index (χ0) is 35.6. The smallest absolute Gasteiger partial charge is 0.159 e. The van der Waals surface area contributed by atoms with Gasteiger partial charge in [0.25, 0.3) is 0 Å². The Bertz CT molecular complexity index is 3140. The molecule has 0 saturated carbocycles. The highest BCUT2D eigenvalue weighted by Gasteiger charge is 2.22. The molecule has 0 aliphatic carbocycles. The van der Waals surface area contributed by atoms with E-state index in [0.29, 0.717) is 5.84 Å². The summed E-state index contributed by atoms with van der Waals surface area (Å²) in [6, 6.07) is 60.9. The van der Waals surface area contributed by atoms with Crippen molar-refractivity contribution in [3.05, 3.63) is 193 Å². The molecular formula is C49H31N3O2. The van der Waals surface area contributed by atoms with Crippen LogP contribution in [0.5, 0.6) is 0 Å². The Kier molecular flexibility index (Phi) is 6.85. The van der Waals surface area contributed by atoms with Crippen molar-refractivity contribution >= 4 is 66.3 Å². The predicted octanol–water partition coefficient (Wildman–Crippen LogP) is 12.5. The first-order valence-electron chi connectivity index (χ1n) is 18.2. The van der Waals surface area contributed by atoms with Gasteiger partial charge < -0.3 is 14.2 Å². The lowest BCUT2D eigenvalue weighted by Gasteiger charge is -2.23. The van der Waals surface area contributed by atoms with Crippen LogP contribution in [0.25, 0.3) is 76.9 Å². The monoisotopic (exact) mass is 693 g/mol. The van der Waals surface area contributed by atoms with Crippen molar-refractivity contribution in [1.82, 2.24) is 5.32 Å². The highest BCUT2D eigenvalue weighted by Crippen LogP contribution is 2.45. The lowest BCUT2D eigenvalue weighted by atomic mass is 9.92. The molecule has 11 rings (SSSR count). The van der Waals surface area contributed by atoms with Gasteiger partial charge in [-0.1, -0.05) is 140 Å². The summed E-state index contributed by atoms with van der Waals surface area (Å²) in [4.78, 5) is 10.2. The molecule has 5 nitrogen and oxygen atoms in total. The highest BCUT2D eigenvalue weighted by molar-refractivity contribution is 6.30. The van der Waals surface area contributed by atoms with Gasteiger partial charge >= 0.3 is 0 Å². The molecule has 1 aliphatic heterocycles. The number of aliphatic imine (C=N–C) groups is 2. The molecule has 1 N–H and O–H groups in total. The Hall–Kier alpha value is -7.24. The minimum absolute atomic E-state index is 0.263. The maximum Gasteiger partial charge on any atom is 0.159 e. The molecule has 0 bridgehead atoms. The molecule has 1 unspecified atom stereocenters. The molecule has 1 atom stereocenters. The normalized spacial score (nSPS) is 14.5. The summed E-state index contributed by atoms with van der Waals surface area (Å²) in [5, 5.41) is 10.1. The largest absolute Gasteiger partial charge is 0.456 e. The van der Waals surface area contributed by atoms with Gasteiger partial charge in [-0.25, -0.2) is 9.98 Å². The summed E-state index contributed by atoms with van der Waals surface area (Å²) in [5.74, 6) is 1.49. The van der Waals surface area contributed by atoms with Gasteiger partial charge in [0.2, 0.25) is 0 Å². The van der Waals surface area contributed by atoms with Gasteiger partial charge in [-0.05, 0) is 69.6 Å². The van der Waals surface area contributed by atoms with Crippen molar-refractivity contribution in [3.63, 3.8) is 0 Å². The van der Waals surface area contributed by atoms with E-state index in [-0.39, 0.29) is 6.17 Å². The average molecular weight is 694 g/mol. The number of amidine groups is 2. The van der Waals surface area contributed by atoms with Crippen molar-refractivity contribution in [2.75, 3.05) is 0 Å². The van der Waals surface area contributed by atoms with Gasteiger partial charge in [-0.2, -0.15) is 0 Å². The van der Waals surface area contributed by atoms with E-state index in [0.717, 1.165) is 99.4 Å². The van der Waals surface area contributed by atoms with E-state index >= 15 is 0 Å². The minimum Gasteiger partial charge on any atom is -0.456 e. The SMILES string of the molecule is c1ccc(C2=NC(c3cccc(-c4cccc(-c5cc6oc7ccccc7c6c6c5ccc5c7ccccc7oc56)c4)c3)=NC(c3ccccc3)N2)cc1. The summed E-state index contributed by atoms with van der Waals surface area (Å²) >= 11 is 0. The molecule has 254 valence electrons. The molecule has 0 radical (unpaired) electrons. The van der Waals surface area contributed by atoms with E-state index in [2.05, 4.69) is 121 Å². The Morgan fingerprint density at radius 3 is 1.83 bits per heavy atom. The van der Waals surface area contributed by atoms with E-state index in [1.807, 2.05) is 60.7 Å². The zero-order valence-electron chi connectivity index (χ0n) is 29.0. The van der Waals surface area contributed by atoms with Gasteiger partial charge in [0.05, 0.1) is 0 Å². The molecular weight excluding hydrogens is 663 g/mol. The van der Waals surface area contributed by atoms with Crippen LogP contribution in [0.3, 0.4) is 0 Å². The topological polar surface area (TPSA) is 63.0 Å². The lowest BCUT2D eigenvalue weighted by Crippen LogP contribution is -2.33. The highest BCUT2D eigenvalue weighted by atomic mass is 16.3. The number of rotatable bonds is 5. The second-order valence-corrected chi connectivity index (χ2v) is 13.8. The van der Waals surface area contributed by atoms with Gasteiger partial charge in [-0.3, -0.25) is 0 Å². The number of nitrogens with one attached hydrogen (secondary N) is 1. The first-order valence-corrected chi connectivity index (χ1v) is 18.2. The molecule has 1 aliphatic rings. The summed E-state index contributed by atoms with van der Waals surface area (Å²) in [7, 11) is 0. The van der Waals surface area contributed by atoms with Crippen LogP contribution in [0.15, 0.2) is 195 Å². The molecule has 10 aromatic rings. The van der Waals surface area contributed by atoms with Crippen LogP contribution in [0.1, 0.15) is 22.9 Å². The van der Waals surface area contributed by atoms with Crippen molar-refractivity contribution in [3.8, 4) is 22.3 Å². The van der Waals surface area contributed by atoms with E-state index in [4.69, 9.17) is 18.8 Å². The average Bonchev–Trinajstić information content (AvgIpc) is 3.82. The molecule has 2 aromatic heterocycles. The third kappa shape index (κ3) is 4.94. The molecule has 3 heterocycles. The van der Waals surface area contributed by atoms with E-state index in [1.54, 1.807) is 0 Å². The van der Waals surface area contributed by atoms with Crippen LogP contribution < -0.4 is 5.32 Å². The van der Waals surface area contributed by atoms with Gasteiger partial charge in [0.1, 0.15) is 34.3 Å². The van der Waals surface area contributed by atoms with Crippen LogP contribution >= 0.6 is 0 Å². The number of hydrogen-bond acceptors (Lipinski definition) is 5. The third-order valence-corrected chi connectivity index (χ3v) is 10.5. The Morgan fingerprint density at radius 1 is 0.426 bits per heavy atom. The first kappa shape index (κ1) is 30.4. The van der Waals surface area contributed by atoms with E-state index < -0.39 is 0 Å². The maximum absolute atomic E-state index is 6.65. The molecule has 0 spiro atoms. The number of furan rings is 2. The van der Waals surface area contributed by atoms with Crippen LogP contribution in [-0.4, -0.2) is 11.7 Å².